The van der Waals surface area contributed by atoms with E-state index < -0.39 is 11.2 Å². The normalized spacial score (nSPS) is 15.8. The number of halogens is 1. The lowest BCUT2D eigenvalue weighted by atomic mass is 9.91. The maximum Gasteiger partial charge on any atom is 0.277 e. The second-order valence-corrected chi connectivity index (χ2v) is 11.7. The van der Waals surface area contributed by atoms with Crippen LogP contribution in [0.4, 0.5) is 10.1 Å². The van der Waals surface area contributed by atoms with Crippen LogP contribution >= 0.6 is 11.3 Å². The summed E-state index contributed by atoms with van der Waals surface area (Å²) in [6, 6.07) is 12.8. The SMILES string of the molecule is CN=C(c1ccc(CN)cc1)c1ncn(CC2(O)CCN(Cc3ccc(-c4cnc(C)s4)cc3F)CC2)c(=O)c1N. The van der Waals surface area contributed by atoms with Gasteiger partial charge in [-0.3, -0.25) is 19.3 Å². The van der Waals surface area contributed by atoms with Gasteiger partial charge in [-0.05, 0) is 37.0 Å². The van der Waals surface area contributed by atoms with Crippen molar-refractivity contribution in [1.82, 2.24) is 19.4 Å². The van der Waals surface area contributed by atoms with E-state index in [1.54, 1.807) is 19.3 Å². The summed E-state index contributed by atoms with van der Waals surface area (Å²) in [4.78, 5) is 29.3. The first-order chi connectivity index (χ1) is 19.7. The first-order valence-corrected chi connectivity index (χ1v) is 14.3. The highest BCUT2D eigenvalue weighted by Crippen LogP contribution is 2.29. The van der Waals surface area contributed by atoms with Gasteiger partial charge in [-0.25, -0.2) is 14.4 Å². The van der Waals surface area contributed by atoms with Gasteiger partial charge in [0.2, 0.25) is 0 Å². The molecule has 1 fully saturated rings. The van der Waals surface area contributed by atoms with Crippen molar-refractivity contribution in [3.8, 4) is 10.4 Å². The number of aryl methyl sites for hydroxylation is 1. The zero-order chi connectivity index (χ0) is 29.1. The molecule has 3 heterocycles. The summed E-state index contributed by atoms with van der Waals surface area (Å²) in [6.45, 7) is 3.99. The van der Waals surface area contributed by atoms with Crippen molar-refractivity contribution in [1.29, 1.82) is 0 Å². The van der Waals surface area contributed by atoms with Gasteiger partial charge in [-0.2, -0.15) is 0 Å². The summed E-state index contributed by atoms with van der Waals surface area (Å²) in [5.41, 5.74) is 14.4. The highest BCUT2D eigenvalue weighted by atomic mass is 32.1. The van der Waals surface area contributed by atoms with Crippen molar-refractivity contribution in [3.05, 3.63) is 98.6 Å². The maximum absolute atomic E-state index is 14.9. The van der Waals surface area contributed by atoms with Crippen LogP contribution in [0.3, 0.4) is 0 Å². The fraction of sp³-hybridized carbons (Fsp3) is 0.333. The number of nitrogen functional groups attached to an aromatic ring is 1. The molecule has 5 N–H and O–H groups in total. The molecule has 5 rings (SSSR count). The minimum atomic E-state index is -1.11. The Morgan fingerprint density at radius 2 is 1.90 bits per heavy atom. The topological polar surface area (TPSA) is 136 Å². The van der Waals surface area contributed by atoms with Crippen LogP contribution in [0.1, 0.15) is 40.2 Å². The Morgan fingerprint density at radius 3 is 2.51 bits per heavy atom. The number of aliphatic hydroxyl groups is 1. The Hall–Kier alpha value is -3.77. The van der Waals surface area contributed by atoms with Crippen LogP contribution in [0.2, 0.25) is 0 Å². The highest BCUT2D eigenvalue weighted by Gasteiger charge is 2.33. The van der Waals surface area contributed by atoms with E-state index in [1.165, 1.54) is 22.2 Å². The molecule has 0 bridgehead atoms. The van der Waals surface area contributed by atoms with Gasteiger partial charge in [-0.1, -0.05) is 36.4 Å². The smallest absolute Gasteiger partial charge is 0.277 e. The second kappa shape index (κ2) is 12.0. The van der Waals surface area contributed by atoms with E-state index in [1.807, 2.05) is 43.3 Å². The van der Waals surface area contributed by atoms with E-state index >= 15 is 0 Å². The molecule has 0 atom stereocenters. The van der Waals surface area contributed by atoms with Crippen LogP contribution < -0.4 is 17.0 Å². The number of hydrogen-bond acceptors (Lipinski definition) is 9. The van der Waals surface area contributed by atoms with Gasteiger partial charge in [-0.15, -0.1) is 11.3 Å². The minimum Gasteiger partial charge on any atom is -0.392 e. The Labute approximate surface area is 242 Å². The zero-order valence-corrected chi connectivity index (χ0v) is 24.0. The lowest BCUT2D eigenvalue weighted by Crippen LogP contribution is -2.48. The summed E-state index contributed by atoms with van der Waals surface area (Å²) in [5.74, 6) is -0.257. The number of aliphatic imine (C=N–C) groups is 1. The first kappa shape index (κ1) is 28.7. The van der Waals surface area contributed by atoms with Crippen LogP contribution in [0, 0.1) is 12.7 Å². The fourth-order valence-corrected chi connectivity index (χ4v) is 5.92. The van der Waals surface area contributed by atoms with Crippen LogP contribution in [0.5, 0.6) is 0 Å². The van der Waals surface area contributed by atoms with Crippen LogP contribution in [0.15, 0.2) is 64.8 Å². The molecule has 0 aliphatic carbocycles. The van der Waals surface area contributed by atoms with Gasteiger partial charge in [0.1, 0.15) is 17.2 Å². The van der Waals surface area contributed by atoms with Crippen LogP contribution in [-0.2, 0) is 19.6 Å². The number of likely N-dealkylation sites (tertiary alicyclic amines) is 1. The summed E-state index contributed by atoms with van der Waals surface area (Å²) < 4.78 is 16.3. The zero-order valence-electron chi connectivity index (χ0n) is 23.2. The fourth-order valence-electron chi connectivity index (χ4n) is 5.14. The van der Waals surface area contributed by atoms with Gasteiger partial charge < -0.3 is 16.6 Å². The molecule has 0 spiro atoms. The average Bonchev–Trinajstić information content (AvgIpc) is 3.41. The largest absolute Gasteiger partial charge is 0.392 e. The van der Waals surface area contributed by atoms with E-state index in [4.69, 9.17) is 11.5 Å². The van der Waals surface area contributed by atoms with E-state index in [9.17, 15) is 14.3 Å². The number of piperidine rings is 1. The molecule has 0 radical (unpaired) electrons. The Morgan fingerprint density at radius 1 is 1.17 bits per heavy atom. The number of rotatable bonds is 8. The molecule has 214 valence electrons. The standard InChI is InChI=1S/C30H34FN7O2S/c1-19-35-15-25(41-19)22-7-8-23(24(31)13-22)16-37-11-9-30(40,10-12-37)17-38-18-36-28(26(33)29(38)39)27(34-2)21-5-3-20(14-32)4-6-21/h3-8,13,15,18,40H,9-12,14,16-17,32-33H2,1-2H3. The molecule has 2 aromatic carbocycles. The van der Waals surface area contributed by atoms with E-state index in [-0.39, 0.29) is 18.0 Å². The molecule has 41 heavy (non-hydrogen) atoms. The molecule has 9 nitrogen and oxygen atoms in total. The number of aromatic nitrogens is 3. The number of benzene rings is 2. The molecule has 4 aromatic rings. The van der Waals surface area contributed by atoms with Crippen molar-refractivity contribution in [2.75, 3.05) is 25.9 Å². The highest BCUT2D eigenvalue weighted by molar-refractivity contribution is 7.15. The minimum absolute atomic E-state index is 0.0237. The number of nitrogens with two attached hydrogens (primary N) is 2. The maximum atomic E-state index is 14.9. The van der Waals surface area contributed by atoms with E-state index in [0.717, 1.165) is 26.6 Å². The van der Waals surface area contributed by atoms with Crippen LogP contribution in [0.25, 0.3) is 10.4 Å². The Kier molecular flexibility index (Phi) is 8.41. The van der Waals surface area contributed by atoms with Crippen molar-refractivity contribution < 1.29 is 9.50 Å². The third kappa shape index (κ3) is 6.28. The van der Waals surface area contributed by atoms with Gasteiger partial charge in [0, 0.05) is 50.6 Å². The van der Waals surface area contributed by atoms with Crippen molar-refractivity contribution in [2.24, 2.45) is 10.7 Å². The van der Waals surface area contributed by atoms with Gasteiger partial charge in [0.25, 0.3) is 5.56 Å². The molecule has 0 saturated carbocycles. The van der Waals surface area contributed by atoms with Gasteiger partial charge in [0.05, 0.1) is 34.1 Å². The number of anilines is 1. The molecular weight excluding hydrogens is 541 g/mol. The second-order valence-electron chi connectivity index (χ2n) is 10.5. The molecular formula is C30H34FN7O2S. The van der Waals surface area contributed by atoms with E-state index in [2.05, 4.69) is 19.9 Å². The molecule has 0 unspecified atom stereocenters. The lowest BCUT2D eigenvalue weighted by molar-refractivity contribution is -0.0366. The number of nitrogens with zero attached hydrogens (tertiary/aromatic N) is 5. The molecule has 1 aliphatic rings. The summed E-state index contributed by atoms with van der Waals surface area (Å²) in [5, 5.41) is 12.3. The Bertz CT molecular complexity index is 1620. The monoisotopic (exact) mass is 575 g/mol. The van der Waals surface area contributed by atoms with Gasteiger partial charge in [0.15, 0.2) is 0 Å². The van der Waals surface area contributed by atoms with Crippen molar-refractivity contribution >= 4 is 22.7 Å². The summed E-state index contributed by atoms with van der Waals surface area (Å²) >= 11 is 1.53. The predicted molar refractivity (Wildman–Crippen MR) is 161 cm³/mol. The average molecular weight is 576 g/mol. The number of hydrogen-bond donors (Lipinski definition) is 3. The number of thiazole rings is 1. The Balaban J connectivity index is 1.24. The van der Waals surface area contributed by atoms with Crippen LogP contribution in [-0.4, -0.2) is 56.0 Å². The molecule has 1 saturated heterocycles. The predicted octanol–water partition coefficient (Wildman–Crippen LogP) is 3.35. The molecule has 1 aliphatic heterocycles. The van der Waals surface area contributed by atoms with Crippen molar-refractivity contribution in [2.45, 2.75) is 45.0 Å². The van der Waals surface area contributed by atoms with E-state index in [0.29, 0.717) is 56.0 Å². The quantitative estimate of drug-likeness (QED) is 0.274. The summed E-state index contributed by atoms with van der Waals surface area (Å²) in [6.07, 6.45) is 4.03. The molecule has 11 heteroatoms. The van der Waals surface area contributed by atoms with Crippen molar-refractivity contribution in [3.63, 3.8) is 0 Å². The third-order valence-corrected chi connectivity index (χ3v) is 8.55. The lowest BCUT2D eigenvalue weighted by Gasteiger charge is -2.38. The first-order valence-electron chi connectivity index (χ1n) is 13.5. The molecule has 2 aromatic heterocycles. The molecule has 0 amide bonds. The summed E-state index contributed by atoms with van der Waals surface area (Å²) in [7, 11) is 1.62. The van der Waals surface area contributed by atoms with Gasteiger partial charge >= 0.3 is 0 Å². The third-order valence-electron chi connectivity index (χ3n) is 7.59.